The molecule has 1 aromatic carbocycles. The van der Waals surface area contributed by atoms with Gasteiger partial charge in [0.2, 0.25) is 0 Å². The molecule has 0 saturated carbocycles. The molecule has 0 spiro atoms. The third-order valence-electron chi connectivity index (χ3n) is 3.90. The first kappa shape index (κ1) is 16.3. The van der Waals surface area contributed by atoms with Gasteiger partial charge in [-0.1, -0.05) is 29.5 Å². The van der Waals surface area contributed by atoms with E-state index < -0.39 is 0 Å². The third kappa shape index (κ3) is 3.29. The molecule has 0 fully saturated rings. The van der Waals surface area contributed by atoms with Gasteiger partial charge >= 0.3 is 0 Å². The van der Waals surface area contributed by atoms with E-state index in [0.29, 0.717) is 12.2 Å². The zero-order valence-corrected chi connectivity index (χ0v) is 14.9. The fraction of sp³-hybridized carbons (Fsp3) is 0.105. The van der Waals surface area contributed by atoms with Gasteiger partial charge in [0.1, 0.15) is 11.4 Å². The predicted molar refractivity (Wildman–Crippen MR) is 100 cm³/mol. The summed E-state index contributed by atoms with van der Waals surface area (Å²) in [7, 11) is 1.65. The molecule has 0 aliphatic carbocycles. The summed E-state index contributed by atoms with van der Waals surface area (Å²) in [5, 5.41) is 2.84. The summed E-state index contributed by atoms with van der Waals surface area (Å²) >= 11 is 1.53. The highest BCUT2D eigenvalue weighted by Gasteiger charge is 2.14. The lowest BCUT2D eigenvalue weighted by Gasteiger charge is -2.02. The number of thiazole rings is 1. The van der Waals surface area contributed by atoms with Gasteiger partial charge in [0, 0.05) is 18.6 Å². The van der Waals surface area contributed by atoms with Crippen LogP contribution in [0.2, 0.25) is 0 Å². The number of imidazole rings is 1. The molecule has 1 N–H and O–H groups in total. The van der Waals surface area contributed by atoms with E-state index in [1.54, 1.807) is 19.5 Å². The number of methoxy groups -OCH3 is 1. The Hall–Kier alpha value is -3.19. The average Bonchev–Trinajstić information content (AvgIpc) is 3.26. The van der Waals surface area contributed by atoms with E-state index in [1.165, 1.54) is 11.3 Å². The van der Waals surface area contributed by atoms with E-state index in [4.69, 9.17) is 4.74 Å². The molecule has 130 valence electrons. The Labute approximate surface area is 154 Å². The molecule has 0 aliphatic heterocycles. The number of amides is 1. The molecular weight excluding hydrogens is 348 g/mol. The molecule has 0 atom stereocenters. The predicted octanol–water partition coefficient (Wildman–Crippen LogP) is 3.40. The second kappa shape index (κ2) is 6.97. The summed E-state index contributed by atoms with van der Waals surface area (Å²) in [5.74, 6) is 0.595. The summed E-state index contributed by atoms with van der Waals surface area (Å²) in [6.07, 6.45) is 5.41. The summed E-state index contributed by atoms with van der Waals surface area (Å²) < 4.78 is 7.14. The second-order valence-electron chi connectivity index (χ2n) is 5.65. The SMILES string of the molecule is COc1cccc(-c2cn3cc(C(=O)NCc4ccccn4)nc3s2)c1. The van der Waals surface area contributed by atoms with E-state index in [1.807, 2.05) is 53.1 Å². The number of carbonyl (C=O) groups excluding carboxylic acids is 1. The number of benzene rings is 1. The number of hydrogen-bond donors (Lipinski definition) is 1. The van der Waals surface area contributed by atoms with Crippen molar-refractivity contribution in [1.29, 1.82) is 0 Å². The van der Waals surface area contributed by atoms with Crippen LogP contribution in [0.1, 0.15) is 16.2 Å². The molecule has 26 heavy (non-hydrogen) atoms. The number of ether oxygens (including phenoxy) is 1. The number of fused-ring (bicyclic) bond motifs is 1. The monoisotopic (exact) mass is 364 g/mol. The van der Waals surface area contributed by atoms with Crippen molar-refractivity contribution in [3.63, 3.8) is 0 Å². The van der Waals surface area contributed by atoms with E-state index in [9.17, 15) is 4.79 Å². The lowest BCUT2D eigenvalue weighted by molar-refractivity contribution is 0.0946. The summed E-state index contributed by atoms with van der Waals surface area (Å²) in [6.45, 7) is 0.375. The maximum absolute atomic E-state index is 12.3. The molecule has 4 rings (SSSR count). The highest BCUT2D eigenvalue weighted by molar-refractivity contribution is 7.20. The van der Waals surface area contributed by atoms with Crippen LogP contribution in [-0.2, 0) is 6.54 Å². The molecule has 3 aromatic heterocycles. The second-order valence-corrected chi connectivity index (χ2v) is 6.66. The van der Waals surface area contributed by atoms with Crippen LogP contribution < -0.4 is 10.1 Å². The van der Waals surface area contributed by atoms with Crippen molar-refractivity contribution in [3.8, 4) is 16.2 Å². The maximum Gasteiger partial charge on any atom is 0.271 e. The van der Waals surface area contributed by atoms with Crippen molar-refractivity contribution in [2.75, 3.05) is 7.11 Å². The van der Waals surface area contributed by atoms with Crippen LogP contribution in [0.5, 0.6) is 5.75 Å². The van der Waals surface area contributed by atoms with E-state index in [-0.39, 0.29) is 5.91 Å². The Kier molecular flexibility index (Phi) is 4.37. The minimum Gasteiger partial charge on any atom is -0.497 e. The Bertz CT molecular complexity index is 1020. The average molecular weight is 364 g/mol. The van der Waals surface area contributed by atoms with Gasteiger partial charge in [0.05, 0.1) is 24.2 Å². The zero-order valence-electron chi connectivity index (χ0n) is 14.0. The number of pyridine rings is 1. The lowest BCUT2D eigenvalue weighted by Crippen LogP contribution is -2.23. The molecule has 4 aromatic rings. The fourth-order valence-corrected chi connectivity index (χ4v) is 3.54. The van der Waals surface area contributed by atoms with Crippen LogP contribution in [0.3, 0.4) is 0 Å². The molecule has 7 heteroatoms. The first-order valence-electron chi connectivity index (χ1n) is 8.04. The molecule has 0 unspecified atom stereocenters. The molecule has 0 radical (unpaired) electrons. The lowest BCUT2D eigenvalue weighted by atomic mass is 10.2. The Morgan fingerprint density at radius 1 is 1.23 bits per heavy atom. The first-order chi connectivity index (χ1) is 12.7. The van der Waals surface area contributed by atoms with Gasteiger partial charge in [-0.15, -0.1) is 0 Å². The van der Waals surface area contributed by atoms with Crippen LogP contribution in [0.25, 0.3) is 15.4 Å². The highest BCUT2D eigenvalue weighted by Crippen LogP contribution is 2.30. The van der Waals surface area contributed by atoms with E-state index in [0.717, 1.165) is 26.8 Å². The molecule has 0 saturated heterocycles. The Balaban J connectivity index is 1.51. The summed E-state index contributed by atoms with van der Waals surface area (Å²) in [4.78, 5) is 22.7. The molecule has 0 aliphatic rings. The maximum atomic E-state index is 12.3. The van der Waals surface area contributed by atoms with Crippen molar-refractivity contribution < 1.29 is 9.53 Å². The van der Waals surface area contributed by atoms with Crippen molar-refractivity contribution >= 4 is 22.2 Å². The zero-order chi connectivity index (χ0) is 17.9. The standard InChI is InChI=1S/C19H16N4O2S/c1-25-15-7-4-5-13(9-15)17-12-23-11-16(22-19(23)26-17)18(24)21-10-14-6-2-3-8-20-14/h2-9,11-12H,10H2,1H3,(H,21,24). The molecular formula is C19H16N4O2S. The number of nitrogens with one attached hydrogen (secondary N) is 1. The van der Waals surface area contributed by atoms with Crippen LogP contribution in [-0.4, -0.2) is 27.4 Å². The van der Waals surface area contributed by atoms with Gasteiger partial charge in [-0.3, -0.25) is 14.2 Å². The molecule has 1 amide bonds. The van der Waals surface area contributed by atoms with Crippen LogP contribution in [0.4, 0.5) is 0 Å². The summed E-state index contributed by atoms with van der Waals surface area (Å²) in [5.41, 5.74) is 2.26. The van der Waals surface area contributed by atoms with E-state index in [2.05, 4.69) is 15.3 Å². The van der Waals surface area contributed by atoms with Crippen LogP contribution in [0, 0.1) is 0 Å². The number of carbonyl (C=O) groups is 1. The Morgan fingerprint density at radius 3 is 2.92 bits per heavy atom. The largest absolute Gasteiger partial charge is 0.497 e. The van der Waals surface area contributed by atoms with Gasteiger partial charge in [-0.2, -0.15) is 0 Å². The fourth-order valence-electron chi connectivity index (χ4n) is 2.58. The molecule has 3 heterocycles. The van der Waals surface area contributed by atoms with Gasteiger partial charge < -0.3 is 10.1 Å². The number of nitrogens with zero attached hydrogens (tertiary/aromatic N) is 3. The van der Waals surface area contributed by atoms with Crippen molar-refractivity contribution in [3.05, 3.63) is 72.4 Å². The number of rotatable bonds is 5. The number of hydrogen-bond acceptors (Lipinski definition) is 5. The van der Waals surface area contributed by atoms with Gasteiger partial charge in [-0.05, 0) is 29.8 Å². The van der Waals surface area contributed by atoms with Crippen molar-refractivity contribution in [2.45, 2.75) is 6.54 Å². The first-order valence-corrected chi connectivity index (χ1v) is 8.85. The normalized spacial score (nSPS) is 10.8. The quantitative estimate of drug-likeness (QED) is 0.589. The van der Waals surface area contributed by atoms with Crippen molar-refractivity contribution in [1.82, 2.24) is 19.7 Å². The highest BCUT2D eigenvalue weighted by atomic mass is 32.1. The van der Waals surface area contributed by atoms with Crippen LogP contribution in [0.15, 0.2) is 61.1 Å². The molecule has 6 nitrogen and oxygen atoms in total. The minimum absolute atomic E-state index is 0.213. The number of aromatic nitrogens is 3. The topological polar surface area (TPSA) is 68.5 Å². The molecule has 0 bridgehead atoms. The van der Waals surface area contributed by atoms with Crippen molar-refractivity contribution in [2.24, 2.45) is 0 Å². The van der Waals surface area contributed by atoms with Gasteiger partial charge in [-0.25, -0.2) is 4.98 Å². The minimum atomic E-state index is -0.213. The van der Waals surface area contributed by atoms with Crippen LogP contribution >= 0.6 is 11.3 Å². The third-order valence-corrected chi connectivity index (χ3v) is 4.94. The Morgan fingerprint density at radius 2 is 2.15 bits per heavy atom. The summed E-state index contributed by atoms with van der Waals surface area (Å²) in [6, 6.07) is 13.5. The smallest absolute Gasteiger partial charge is 0.271 e. The van der Waals surface area contributed by atoms with E-state index >= 15 is 0 Å². The van der Waals surface area contributed by atoms with Gasteiger partial charge in [0.25, 0.3) is 5.91 Å². The van der Waals surface area contributed by atoms with Gasteiger partial charge in [0.15, 0.2) is 4.96 Å².